The van der Waals surface area contributed by atoms with Crippen molar-refractivity contribution in [2.75, 3.05) is 6.61 Å². The predicted molar refractivity (Wildman–Crippen MR) is 126 cm³/mol. The number of nitrogens with one attached hydrogen (secondary N) is 1. The molecule has 0 radical (unpaired) electrons. The van der Waals surface area contributed by atoms with Gasteiger partial charge < -0.3 is 14.6 Å². The van der Waals surface area contributed by atoms with Crippen LogP contribution in [0.15, 0.2) is 77.3 Å². The first-order chi connectivity index (χ1) is 15.1. The number of amides is 1. The molecule has 3 aromatic carbocycles. The maximum absolute atomic E-state index is 12.5. The number of para-hydroxylation sites is 2. The fourth-order valence-electron chi connectivity index (χ4n) is 3.42. The van der Waals surface area contributed by atoms with E-state index < -0.39 is 0 Å². The highest BCUT2D eigenvalue weighted by Crippen LogP contribution is 2.18. The van der Waals surface area contributed by atoms with E-state index in [9.17, 15) is 4.79 Å². The van der Waals surface area contributed by atoms with Crippen molar-refractivity contribution >= 4 is 32.9 Å². The minimum Gasteiger partial charge on any atom is -0.494 e. The fourth-order valence-corrected chi connectivity index (χ4v) is 3.68. The fraction of sp³-hybridized carbons (Fsp3) is 0.200. The van der Waals surface area contributed by atoms with Crippen LogP contribution in [0.2, 0.25) is 0 Å². The quantitative estimate of drug-likeness (QED) is 0.340. The number of nitrogens with zero attached hydrogens (tertiary/aromatic N) is 2. The summed E-state index contributed by atoms with van der Waals surface area (Å²) in [4.78, 5) is 17.3. The highest BCUT2D eigenvalue weighted by molar-refractivity contribution is 9.10. The molecule has 158 valence electrons. The van der Waals surface area contributed by atoms with Gasteiger partial charge in [-0.1, -0.05) is 45.8 Å². The molecular formula is C25H24BrN3O2. The van der Waals surface area contributed by atoms with Crippen LogP contribution in [-0.2, 0) is 13.1 Å². The first kappa shape index (κ1) is 21.1. The van der Waals surface area contributed by atoms with E-state index in [1.807, 2.05) is 54.6 Å². The van der Waals surface area contributed by atoms with Gasteiger partial charge in [-0.3, -0.25) is 4.79 Å². The second-order valence-corrected chi connectivity index (χ2v) is 8.29. The van der Waals surface area contributed by atoms with Crippen molar-refractivity contribution in [1.82, 2.24) is 14.9 Å². The topological polar surface area (TPSA) is 56.1 Å². The van der Waals surface area contributed by atoms with Crippen molar-refractivity contribution in [2.45, 2.75) is 26.4 Å². The number of imidazole rings is 1. The Hall–Kier alpha value is -3.12. The molecule has 1 amide bonds. The van der Waals surface area contributed by atoms with Crippen molar-refractivity contribution in [3.8, 4) is 5.75 Å². The first-order valence-corrected chi connectivity index (χ1v) is 11.1. The molecule has 0 bridgehead atoms. The SMILES string of the molecule is Cc1ccc(OCCCn2c(CNC(=O)c3ccc(Br)cc3)nc3ccccc32)cc1. The molecule has 1 aromatic heterocycles. The van der Waals surface area contributed by atoms with E-state index in [0.717, 1.165) is 40.0 Å². The number of fused-ring (bicyclic) bond motifs is 1. The van der Waals surface area contributed by atoms with Gasteiger partial charge in [0, 0.05) is 16.6 Å². The molecule has 0 spiro atoms. The third-order valence-electron chi connectivity index (χ3n) is 5.06. The summed E-state index contributed by atoms with van der Waals surface area (Å²) in [6.45, 7) is 3.80. The molecule has 4 aromatic rings. The summed E-state index contributed by atoms with van der Waals surface area (Å²) in [5, 5.41) is 2.99. The van der Waals surface area contributed by atoms with Gasteiger partial charge in [-0.15, -0.1) is 0 Å². The summed E-state index contributed by atoms with van der Waals surface area (Å²) < 4.78 is 8.98. The number of benzene rings is 3. The molecule has 0 saturated carbocycles. The molecule has 0 aliphatic rings. The normalized spacial score (nSPS) is 10.9. The molecule has 1 N–H and O–H groups in total. The molecule has 6 heteroatoms. The second kappa shape index (κ2) is 9.79. The zero-order chi connectivity index (χ0) is 21.6. The molecule has 0 fully saturated rings. The third kappa shape index (κ3) is 5.33. The lowest BCUT2D eigenvalue weighted by molar-refractivity contribution is 0.0949. The van der Waals surface area contributed by atoms with Gasteiger partial charge in [-0.05, 0) is 61.9 Å². The second-order valence-electron chi connectivity index (χ2n) is 7.37. The monoisotopic (exact) mass is 477 g/mol. The summed E-state index contributed by atoms with van der Waals surface area (Å²) in [5.41, 5.74) is 3.82. The van der Waals surface area contributed by atoms with Gasteiger partial charge in [0.05, 0.1) is 24.2 Å². The average molecular weight is 478 g/mol. The van der Waals surface area contributed by atoms with Crippen molar-refractivity contribution < 1.29 is 9.53 Å². The van der Waals surface area contributed by atoms with Crippen molar-refractivity contribution in [2.24, 2.45) is 0 Å². The molecule has 5 nitrogen and oxygen atoms in total. The molecule has 0 atom stereocenters. The number of aromatic nitrogens is 2. The lowest BCUT2D eigenvalue weighted by atomic mass is 10.2. The van der Waals surface area contributed by atoms with Gasteiger partial charge in [0.1, 0.15) is 11.6 Å². The van der Waals surface area contributed by atoms with E-state index >= 15 is 0 Å². The van der Waals surface area contributed by atoms with Crippen LogP contribution in [0.3, 0.4) is 0 Å². The van der Waals surface area contributed by atoms with E-state index in [-0.39, 0.29) is 5.91 Å². The largest absolute Gasteiger partial charge is 0.494 e. The summed E-state index contributed by atoms with van der Waals surface area (Å²) in [7, 11) is 0. The lowest BCUT2D eigenvalue weighted by Gasteiger charge is -2.11. The Morgan fingerprint density at radius 2 is 1.77 bits per heavy atom. The van der Waals surface area contributed by atoms with E-state index in [4.69, 9.17) is 9.72 Å². The molecule has 0 aliphatic heterocycles. The van der Waals surface area contributed by atoms with E-state index in [2.05, 4.69) is 38.8 Å². The van der Waals surface area contributed by atoms with E-state index in [1.165, 1.54) is 5.56 Å². The van der Waals surface area contributed by atoms with Gasteiger partial charge in [0.15, 0.2) is 0 Å². The lowest BCUT2D eigenvalue weighted by Crippen LogP contribution is -2.25. The van der Waals surface area contributed by atoms with Gasteiger partial charge >= 0.3 is 0 Å². The number of rotatable bonds is 8. The van der Waals surface area contributed by atoms with Crippen LogP contribution in [0.1, 0.15) is 28.2 Å². The molecule has 4 rings (SSSR count). The van der Waals surface area contributed by atoms with Crippen molar-refractivity contribution in [3.05, 3.63) is 94.2 Å². The molecule has 0 aliphatic carbocycles. The van der Waals surface area contributed by atoms with Gasteiger partial charge in [-0.25, -0.2) is 4.98 Å². The Morgan fingerprint density at radius 3 is 2.55 bits per heavy atom. The zero-order valence-corrected chi connectivity index (χ0v) is 18.9. The highest BCUT2D eigenvalue weighted by Gasteiger charge is 2.12. The first-order valence-electron chi connectivity index (χ1n) is 10.3. The zero-order valence-electron chi connectivity index (χ0n) is 17.3. The van der Waals surface area contributed by atoms with Crippen LogP contribution in [-0.4, -0.2) is 22.1 Å². The average Bonchev–Trinajstić information content (AvgIpc) is 3.14. The van der Waals surface area contributed by atoms with Gasteiger partial charge in [0.25, 0.3) is 5.91 Å². The number of hydrogen-bond donors (Lipinski definition) is 1. The van der Waals surface area contributed by atoms with Gasteiger partial charge in [-0.2, -0.15) is 0 Å². The van der Waals surface area contributed by atoms with E-state index in [1.54, 1.807) is 12.1 Å². The number of carbonyl (C=O) groups excluding carboxylic acids is 1. The molecule has 31 heavy (non-hydrogen) atoms. The Kier molecular flexibility index (Phi) is 6.67. The van der Waals surface area contributed by atoms with Crippen LogP contribution in [0.4, 0.5) is 0 Å². The minimum atomic E-state index is -0.117. The smallest absolute Gasteiger partial charge is 0.251 e. The van der Waals surface area contributed by atoms with Crippen molar-refractivity contribution in [3.63, 3.8) is 0 Å². The Bertz CT molecular complexity index is 1170. The highest BCUT2D eigenvalue weighted by atomic mass is 79.9. The molecule has 1 heterocycles. The van der Waals surface area contributed by atoms with Crippen LogP contribution in [0, 0.1) is 6.92 Å². The summed E-state index contributed by atoms with van der Waals surface area (Å²) in [6.07, 6.45) is 0.835. The number of hydrogen-bond acceptors (Lipinski definition) is 3. The third-order valence-corrected chi connectivity index (χ3v) is 5.59. The van der Waals surface area contributed by atoms with Gasteiger partial charge in [0.2, 0.25) is 0 Å². The van der Waals surface area contributed by atoms with Crippen LogP contribution >= 0.6 is 15.9 Å². The Morgan fingerprint density at radius 1 is 1.03 bits per heavy atom. The minimum absolute atomic E-state index is 0.117. The number of carbonyl (C=O) groups is 1. The Labute approximate surface area is 190 Å². The number of ether oxygens (including phenoxy) is 1. The van der Waals surface area contributed by atoms with Crippen LogP contribution < -0.4 is 10.1 Å². The maximum atomic E-state index is 12.5. The summed E-state index contributed by atoms with van der Waals surface area (Å²) in [6, 6.07) is 23.4. The molecular weight excluding hydrogens is 454 g/mol. The summed E-state index contributed by atoms with van der Waals surface area (Å²) in [5.74, 6) is 1.60. The standard InChI is InChI=1S/C25H24BrN3O2/c1-18-7-13-21(14-8-18)31-16-4-15-29-23-6-3-2-5-22(23)28-24(29)17-27-25(30)19-9-11-20(26)12-10-19/h2-3,5-14H,4,15-17H2,1H3,(H,27,30). The number of aryl methyl sites for hydroxylation is 2. The Balaban J connectivity index is 1.42. The number of halogens is 1. The van der Waals surface area contributed by atoms with E-state index in [0.29, 0.717) is 18.7 Å². The molecule has 0 unspecified atom stereocenters. The van der Waals surface area contributed by atoms with Crippen LogP contribution in [0.5, 0.6) is 5.75 Å². The predicted octanol–water partition coefficient (Wildman–Crippen LogP) is 5.51. The van der Waals surface area contributed by atoms with Crippen LogP contribution in [0.25, 0.3) is 11.0 Å². The maximum Gasteiger partial charge on any atom is 0.251 e. The summed E-state index contributed by atoms with van der Waals surface area (Å²) >= 11 is 3.39. The molecule has 0 saturated heterocycles. The van der Waals surface area contributed by atoms with Crippen molar-refractivity contribution in [1.29, 1.82) is 0 Å².